The fourth-order valence-corrected chi connectivity index (χ4v) is 2.95. The van der Waals surface area contributed by atoms with E-state index in [0.29, 0.717) is 23.7 Å². The number of hydrogen-bond acceptors (Lipinski definition) is 3. The lowest BCUT2D eigenvalue weighted by Crippen LogP contribution is -2.42. The minimum absolute atomic E-state index is 0.0611. The van der Waals surface area contributed by atoms with Crippen molar-refractivity contribution in [2.75, 3.05) is 23.4 Å². The Labute approximate surface area is 155 Å². The molecule has 1 heterocycles. The molecule has 0 atom stereocenters. The molecule has 7 heteroatoms. The van der Waals surface area contributed by atoms with E-state index in [4.69, 9.17) is 4.74 Å². The topological polar surface area (TPSA) is 58.6 Å². The van der Waals surface area contributed by atoms with E-state index in [0.717, 1.165) is 12.1 Å². The van der Waals surface area contributed by atoms with Crippen LogP contribution < -0.4 is 15.0 Å². The van der Waals surface area contributed by atoms with Crippen molar-refractivity contribution in [1.82, 2.24) is 0 Å². The first-order valence-electron chi connectivity index (χ1n) is 8.59. The van der Waals surface area contributed by atoms with Crippen LogP contribution in [0.15, 0.2) is 36.4 Å². The Hall–Kier alpha value is -2.96. The molecule has 0 saturated carbocycles. The summed E-state index contributed by atoms with van der Waals surface area (Å²) < 4.78 is 33.4. The second-order valence-corrected chi connectivity index (χ2v) is 6.96. The molecule has 0 bridgehead atoms. The van der Waals surface area contributed by atoms with Crippen LogP contribution in [-0.4, -0.2) is 25.0 Å². The predicted octanol–water partition coefficient (Wildman–Crippen LogP) is 3.99. The van der Waals surface area contributed by atoms with E-state index in [-0.39, 0.29) is 12.5 Å². The lowest BCUT2D eigenvalue weighted by molar-refractivity contribution is -0.127. The molecule has 0 aliphatic carbocycles. The Kier molecular flexibility index (Phi) is 4.87. The summed E-state index contributed by atoms with van der Waals surface area (Å²) in [5, 5.41) is 2.47. The van der Waals surface area contributed by atoms with Gasteiger partial charge >= 0.3 is 0 Å². The average Bonchev–Trinajstić information content (AvgIpc) is 2.70. The molecular weight excluding hydrogens is 354 g/mol. The van der Waals surface area contributed by atoms with Crippen LogP contribution in [0.25, 0.3) is 0 Å². The summed E-state index contributed by atoms with van der Waals surface area (Å²) in [6.45, 7) is 6.10. The smallest absolute Gasteiger partial charge is 0.261 e. The second kappa shape index (κ2) is 6.98. The Balaban J connectivity index is 1.92. The standard InChI is InChI=1S/C20H20F2N2O3/c1-4-24-15-9-8-12(10-16(15)27-11-20(2,3)19(24)26)23-18(25)17-13(21)6-5-7-14(17)22/h5-10H,4,11H2,1-3H3,(H,23,25). The number of halogens is 2. The van der Waals surface area contributed by atoms with Crippen LogP contribution in [0, 0.1) is 17.0 Å². The van der Waals surface area contributed by atoms with Crippen molar-refractivity contribution in [3.8, 4) is 5.75 Å². The first-order chi connectivity index (χ1) is 12.7. The molecule has 0 spiro atoms. The first-order valence-corrected chi connectivity index (χ1v) is 8.59. The van der Waals surface area contributed by atoms with Gasteiger partial charge in [-0.25, -0.2) is 8.78 Å². The van der Waals surface area contributed by atoms with Crippen molar-refractivity contribution in [2.45, 2.75) is 20.8 Å². The lowest BCUT2D eigenvalue weighted by Gasteiger charge is -2.26. The zero-order valence-electron chi connectivity index (χ0n) is 15.3. The van der Waals surface area contributed by atoms with Crippen molar-refractivity contribution >= 4 is 23.2 Å². The third-order valence-corrected chi connectivity index (χ3v) is 4.43. The van der Waals surface area contributed by atoms with E-state index in [1.807, 2.05) is 6.92 Å². The summed E-state index contributed by atoms with van der Waals surface area (Å²) in [7, 11) is 0. The molecule has 142 valence electrons. The van der Waals surface area contributed by atoms with Crippen molar-refractivity contribution in [3.05, 3.63) is 53.6 Å². The van der Waals surface area contributed by atoms with E-state index < -0.39 is 28.5 Å². The Morgan fingerprint density at radius 2 is 1.89 bits per heavy atom. The molecule has 0 aromatic heterocycles. The summed E-state index contributed by atoms with van der Waals surface area (Å²) in [5.41, 5.74) is -0.457. The van der Waals surface area contributed by atoms with Crippen molar-refractivity contribution in [2.24, 2.45) is 5.41 Å². The van der Waals surface area contributed by atoms with Gasteiger partial charge in [-0.15, -0.1) is 0 Å². The number of nitrogens with zero attached hydrogens (tertiary/aromatic N) is 1. The Morgan fingerprint density at radius 3 is 2.52 bits per heavy atom. The molecule has 2 amide bonds. The number of rotatable bonds is 3. The molecule has 0 saturated heterocycles. The number of hydrogen-bond donors (Lipinski definition) is 1. The van der Waals surface area contributed by atoms with Gasteiger partial charge in [0, 0.05) is 18.3 Å². The maximum absolute atomic E-state index is 13.8. The molecule has 0 fully saturated rings. The highest BCUT2D eigenvalue weighted by molar-refractivity contribution is 6.05. The minimum Gasteiger partial charge on any atom is -0.490 e. The van der Waals surface area contributed by atoms with Gasteiger partial charge in [0.15, 0.2) is 0 Å². The Morgan fingerprint density at radius 1 is 1.22 bits per heavy atom. The third kappa shape index (κ3) is 3.49. The van der Waals surface area contributed by atoms with Gasteiger partial charge in [-0.3, -0.25) is 9.59 Å². The van der Waals surface area contributed by atoms with Crippen LogP contribution in [0.2, 0.25) is 0 Å². The molecule has 27 heavy (non-hydrogen) atoms. The van der Waals surface area contributed by atoms with Crippen LogP contribution in [0.4, 0.5) is 20.2 Å². The second-order valence-electron chi connectivity index (χ2n) is 6.96. The van der Waals surface area contributed by atoms with Gasteiger partial charge in [0.2, 0.25) is 5.91 Å². The van der Waals surface area contributed by atoms with Gasteiger partial charge in [-0.1, -0.05) is 6.07 Å². The summed E-state index contributed by atoms with van der Waals surface area (Å²) >= 11 is 0. The van der Waals surface area contributed by atoms with Gasteiger partial charge in [-0.2, -0.15) is 0 Å². The number of benzene rings is 2. The van der Waals surface area contributed by atoms with Crippen LogP contribution in [0.5, 0.6) is 5.75 Å². The van der Waals surface area contributed by atoms with E-state index in [2.05, 4.69) is 5.32 Å². The average molecular weight is 374 g/mol. The number of anilines is 2. The van der Waals surface area contributed by atoms with Crippen LogP contribution >= 0.6 is 0 Å². The summed E-state index contributed by atoms with van der Waals surface area (Å²) in [5.74, 6) is -2.43. The number of nitrogens with one attached hydrogen (secondary N) is 1. The molecule has 1 N–H and O–H groups in total. The summed E-state index contributed by atoms with van der Waals surface area (Å²) in [4.78, 5) is 26.6. The van der Waals surface area contributed by atoms with Gasteiger partial charge in [0.05, 0.1) is 11.1 Å². The first kappa shape index (κ1) is 18.8. The van der Waals surface area contributed by atoms with E-state index in [1.54, 1.807) is 36.9 Å². The van der Waals surface area contributed by atoms with Gasteiger partial charge in [0.1, 0.15) is 29.6 Å². The number of amides is 2. The number of carbonyl (C=O) groups excluding carboxylic acids is 2. The molecular formula is C20H20F2N2O3. The highest BCUT2D eigenvalue weighted by atomic mass is 19.1. The molecule has 5 nitrogen and oxygen atoms in total. The molecule has 1 aliphatic rings. The van der Waals surface area contributed by atoms with E-state index >= 15 is 0 Å². The van der Waals surface area contributed by atoms with Gasteiger partial charge < -0.3 is 15.0 Å². The third-order valence-electron chi connectivity index (χ3n) is 4.43. The van der Waals surface area contributed by atoms with Gasteiger partial charge in [0.25, 0.3) is 5.91 Å². The van der Waals surface area contributed by atoms with Crippen LogP contribution in [-0.2, 0) is 4.79 Å². The lowest BCUT2D eigenvalue weighted by atomic mass is 9.93. The van der Waals surface area contributed by atoms with E-state index in [1.165, 1.54) is 6.07 Å². The summed E-state index contributed by atoms with van der Waals surface area (Å²) in [6.07, 6.45) is 0. The zero-order valence-corrected chi connectivity index (χ0v) is 15.3. The van der Waals surface area contributed by atoms with Crippen molar-refractivity contribution < 1.29 is 23.1 Å². The number of ether oxygens (including phenoxy) is 1. The highest BCUT2D eigenvalue weighted by Crippen LogP contribution is 2.38. The maximum Gasteiger partial charge on any atom is 0.261 e. The van der Waals surface area contributed by atoms with E-state index in [9.17, 15) is 18.4 Å². The van der Waals surface area contributed by atoms with Crippen LogP contribution in [0.1, 0.15) is 31.1 Å². The highest BCUT2D eigenvalue weighted by Gasteiger charge is 2.37. The normalized spacial score (nSPS) is 15.6. The fraction of sp³-hybridized carbons (Fsp3) is 0.300. The monoisotopic (exact) mass is 374 g/mol. The van der Waals surface area contributed by atoms with Gasteiger partial charge in [-0.05, 0) is 45.0 Å². The Bertz CT molecular complexity index is 892. The molecule has 0 unspecified atom stereocenters. The fourth-order valence-electron chi connectivity index (χ4n) is 2.95. The maximum atomic E-state index is 13.8. The molecule has 3 rings (SSSR count). The quantitative estimate of drug-likeness (QED) is 0.884. The molecule has 1 aliphatic heterocycles. The van der Waals surface area contributed by atoms with Crippen LogP contribution in [0.3, 0.4) is 0 Å². The summed E-state index contributed by atoms with van der Waals surface area (Å²) in [6, 6.07) is 7.98. The van der Waals surface area contributed by atoms with Crippen molar-refractivity contribution in [3.63, 3.8) is 0 Å². The SMILES string of the molecule is CCN1C(=O)C(C)(C)COc2cc(NC(=O)c3c(F)cccc3F)ccc21. The largest absolute Gasteiger partial charge is 0.490 e. The zero-order chi connectivity index (χ0) is 19.8. The molecule has 2 aromatic rings. The molecule has 2 aromatic carbocycles. The van der Waals surface area contributed by atoms with Crippen molar-refractivity contribution in [1.29, 1.82) is 0 Å². The number of fused-ring (bicyclic) bond motifs is 1. The molecule has 0 radical (unpaired) electrons. The minimum atomic E-state index is -0.942. The predicted molar refractivity (Wildman–Crippen MR) is 98.1 cm³/mol. The number of carbonyl (C=O) groups is 2.